The molecule has 2 aromatic rings. The maximum absolute atomic E-state index is 13.9. The van der Waals surface area contributed by atoms with E-state index in [2.05, 4.69) is 14.7 Å². The van der Waals surface area contributed by atoms with Gasteiger partial charge in [0.2, 0.25) is 5.95 Å². The third kappa shape index (κ3) is 3.34. The summed E-state index contributed by atoms with van der Waals surface area (Å²) in [7, 11) is 1.07. The van der Waals surface area contributed by atoms with Crippen LogP contribution in [0.15, 0.2) is 18.2 Å². The molecule has 2 aromatic heterocycles. The lowest BCUT2D eigenvalue weighted by atomic mass is 10.1. The summed E-state index contributed by atoms with van der Waals surface area (Å²) in [6.45, 7) is 0. The number of halogens is 5. The Labute approximate surface area is 132 Å². The Morgan fingerprint density at radius 1 is 1.30 bits per heavy atom. The van der Waals surface area contributed by atoms with Gasteiger partial charge in [0.25, 0.3) is 0 Å². The van der Waals surface area contributed by atoms with Gasteiger partial charge in [-0.05, 0) is 18.2 Å². The molecule has 0 aliphatic carbocycles. The van der Waals surface area contributed by atoms with Crippen molar-refractivity contribution in [2.75, 3.05) is 12.8 Å². The lowest BCUT2D eigenvalue weighted by Gasteiger charge is -2.10. The Morgan fingerprint density at radius 2 is 1.96 bits per heavy atom. The standard InChI is InChI=1S/C13H8ClF4N3O2/c1-23-12(22)10-9(14)6(19)4-7(20-10)5-2-3-8(13(16,17)18)21-11(5)15/h2-4H,1H3,(H2,19,20). The zero-order chi connectivity index (χ0) is 17.4. The predicted octanol–water partition coefficient (Wildman–Crippen LogP) is 3.32. The molecular weight excluding hydrogens is 342 g/mol. The fourth-order valence-corrected chi connectivity index (χ4v) is 1.88. The number of rotatable bonds is 2. The second-order valence-electron chi connectivity index (χ2n) is 4.28. The Balaban J connectivity index is 2.59. The molecule has 0 spiro atoms. The zero-order valence-corrected chi connectivity index (χ0v) is 12.2. The number of methoxy groups -OCH3 is 1. The minimum absolute atomic E-state index is 0.114. The summed E-state index contributed by atoms with van der Waals surface area (Å²) < 4.78 is 55.8. The number of alkyl halides is 3. The van der Waals surface area contributed by atoms with Crippen molar-refractivity contribution >= 4 is 23.3 Å². The normalized spacial score (nSPS) is 11.4. The van der Waals surface area contributed by atoms with Gasteiger partial charge in [-0.3, -0.25) is 0 Å². The summed E-state index contributed by atoms with van der Waals surface area (Å²) in [6.07, 6.45) is -4.79. The minimum Gasteiger partial charge on any atom is -0.464 e. The third-order valence-electron chi connectivity index (χ3n) is 2.78. The van der Waals surface area contributed by atoms with Crippen LogP contribution >= 0.6 is 11.6 Å². The molecule has 0 aliphatic rings. The van der Waals surface area contributed by atoms with Crippen LogP contribution in [0.5, 0.6) is 0 Å². The van der Waals surface area contributed by atoms with Gasteiger partial charge in [-0.1, -0.05) is 11.6 Å². The molecule has 0 unspecified atom stereocenters. The molecule has 2 rings (SSSR count). The van der Waals surface area contributed by atoms with Gasteiger partial charge < -0.3 is 10.5 Å². The second kappa shape index (κ2) is 5.99. The van der Waals surface area contributed by atoms with Crippen LogP contribution in [0.3, 0.4) is 0 Å². The molecule has 0 saturated heterocycles. The van der Waals surface area contributed by atoms with E-state index in [0.717, 1.165) is 19.2 Å². The van der Waals surface area contributed by atoms with E-state index in [1.807, 2.05) is 0 Å². The highest BCUT2D eigenvalue weighted by Gasteiger charge is 2.33. The maximum Gasteiger partial charge on any atom is 0.433 e. The number of carbonyl (C=O) groups excluding carboxylic acids is 1. The van der Waals surface area contributed by atoms with Crippen molar-refractivity contribution in [3.8, 4) is 11.3 Å². The van der Waals surface area contributed by atoms with Gasteiger partial charge in [0.1, 0.15) is 5.69 Å². The first-order valence-corrected chi connectivity index (χ1v) is 6.31. The molecule has 2 N–H and O–H groups in total. The van der Waals surface area contributed by atoms with E-state index in [-0.39, 0.29) is 27.7 Å². The van der Waals surface area contributed by atoms with Crippen molar-refractivity contribution in [3.63, 3.8) is 0 Å². The van der Waals surface area contributed by atoms with E-state index in [9.17, 15) is 22.4 Å². The third-order valence-corrected chi connectivity index (χ3v) is 3.18. The number of ether oxygens (including phenoxy) is 1. The molecule has 5 nitrogen and oxygen atoms in total. The molecular formula is C13H8ClF4N3O2. The Morgan fingerprint density at radius 3 is 2.48 bits per heavy atom. The highest BCUT2D eigenvalue weighted by atomic mass is 35.5. The summed E-state index contributed by atoms with van der Waals surface area (Å²) in [5.74, 6) is -2.34. The Kier molecular flexibility index (Phi) is 4.42. The lowest BCUT2D eigenvalue weighted by Crippen LogP contribution is -2.11. The molecule has 10 heteroatoms. The average Bonchev–Trinajstić information content (AvgIpc) is 2.48. The molecule has 0 amide bonds. The number of nitrogens with two attached hydrogens (primary N) is 1. The number of pyridine rings is 2. The predicted molar refractivity (Wildman–Crippen MR) is 73.2 cm³/mol. The number of esters is 1. The van der Waals surface area contributed by atoms with Gasteiger partial charge in [-0.15, -0.1) is 0 Å². The Bertz CT molecular complexity index is 781. The molecule has 0 saturated carbocycles. The molecule has 0 fully saturated rings. The summed E-state index contributed by atoms with van der Waals surface area (Å²) in [5, 5.41) is -0.208. The smallest absolute Gasteiger partial charge is 0.433 e. The largest absolute Gasteiger partial charge is 0.464 e. The fraction of sp³-hybridized carbons (Fsp3) is 0.154. The van der Waals surface area contributed by atoms with Crippen molar-refractivity contribution < 1.29 is 27.1 Å². The molecule has 0 atom stereocenters. The Hall–Kier alpha value is -2.42. The molecule has 0 bridgehead atoms. The molecule has 23 heavy (non-hydrogen) atoms. The molecule has 0 radical (unpaired) electrons. The van der Waals surface area contributed by atoms with Crippen LogP contribution in [-0.2, 0) is 10.9 Å². The summed E-state index contributed by atoms with van der Waals surface area (Å²) in [5.41, 5.74) is 3.13. The van der Waals surface area contributed by atoms with Crippen molar-refractivity contribution in [2.24, 2.45) is 0 Å². The van der Waals surface area contributed by atoms with E-state index in [4.69, 9.17) is 17.3 Å². The average molecular weight is 350 g/mol. The van der Waals surface area contributed by atoms with Gasteiger partial charge in [0.15, 0.2) is 5.69 Å². The van der Waals surface area contributed by atoms with E-state index >= 15 is 0 Å². The van der Waals surface area contributed by atoms with Gasteiger partial charge in [-0.2, -0.15) is 17.6 Å². The quantitative estimate of drug-likeness (QED) is 0.511. The minimum atomic E-state index is -4.79. The van der Waals surface area contributed by atoms with Crippen LogP contribution in [0.25, 0.3) is 11.3 Å². The van der Waals surface area contributed by atoms with Crippen molar-refractivity contribution in [2.45, 2.75) is 6.18 Å². The maximum atomic E-state index is 13.9. The highest BCUT2D eigenvalue weighted by molar-refractivity contribution is 6.35. The van der Waals surface area contributed by atoms with Gasteiger partial charge in [0.05, 0.1) is 29.1 Å². The van der Waals surface area contributed by atoms with E-state index in [1.54, 1.807) is 0 Å². The second-order valence-corrected chi connectivity index (χ2v) is 4.66. The summed E-state index contributed by atoms with van der Waals surface area (Å²) >= 11 is 5.80. The SMILES string of the molecule is COC(=O)c1nc(-c2ccc(C(F)(F)F)nc2F)cc(N)c1Cl. The van der Waals surface area contributed by atoms with Gasteiger partial charge in [-0.25, -0.2) is 14.8 Å². The molecule has 2 heterocycles. The number of nitrogens with zero attached hydrogens (tertiary/aromatic N) is 2. The van der Waals surface area contributed by atoms with Crippen LogP contribution in [0, 0.1) is 5.95 Å². The lowest BCUT2D eigenvalue weighted by molar-refractivity contribution is -0.141. The molecule has 0 aromatic carbocycles. The zero-order valence-electron chi connectivity index (χ0n) is 11.4. The topological polar surface area (TPSA) is 78.1 Å². The number of carbonyl (C=O) groups is 1. The van der Waals surface area contributed by atoms with Crippen molar-refractivity contribution in [1.29, 1.82) is 0 Å². The van der Waals surface area contributed by atoms with Gasteiger partial charge in [0, 0.05) is 0 Å². The first-order chi connectivity index (χ1) is 10.6. The first-order valence-electron chi connectivity index (χ1n) is 5.93. The number of anilines is 1. The molecule has 0 aliphatic heterocycles. The van der Waals surface area contributed by atoms with E-state index in [1.165, 1.54) is 0 Å². The van der Waals surface area contributed by atoms with Gasteiger partial charge >= 0.3 is 12.1 Å². The van der Waals surface area contributed by atoms with Crippen LogP contribution in [0.2, 0.25) is 5.02 Å². The van der Waals surface area contributed by atoms with Crippen LogP contribution < -0.4 is 5.73 Å². The summed E-state index contributed by atoms with van der Waals surface area (Å²) in [4.78, 5) is 18.2. The first kappa shape index (κ1) is 16.9. The van der Waals surface area contributed by atoms with Crippen LogP contribution in [0.1, 0.15) is 16.2 Å². The number of aromatic nitrogens is 2. The fourth-order valence-electron chi connectivity index (χ4n) is 1.70. The number of hydrogen-bond acceptors (Lipinski definition) is 5. The van der Waals surface area contributed by atoms with E-state index in [0.29, 0.717) is 6.07 Å². The highest BCUT2D eigenvalue weighted by Crippen LogP contribution is 2.32. The van der Waals surface area contributed by atoms with Crippen LogP contribution in [0.4, 0.5) is 23.2 Å². The number of hydrogen-bond donors (Lipinski definition) is 1. The monoisotopic (exact) mass is 349 g/mol. The van der Waals surface area contributed by atoms with Crippen LogP contribution in [-0.4, -0.2) is 23.0 Å². The van der Waals surface area contributed by atoms with Crippen molar-refractivity contribution in [1.82, 2.24) is 9.97 Å². The summed E-state index contributed by atoms with van der Waals surface area (Å²) in [6, 6.07) is 2.53. The number of nitrogen functional groups attached to an aromatic ring is 1. The molecule has 122 valence electrons. The van der Waals surface area contributed by atoms with Crippen molar-refractivity contribution in [3.05, 3.63) is 40.6 Å². The van der Waals surface area contributed by atoms with E-state index < -0.39 is 23.8 Å².